The van der Waals surface area contributed by atoms with Crippen molar-refractivity contribution in [2.45, 2.75) is 13.3 Å². The highest BCUT2D eigenvalue weighted by Gasteiger charge is 2.02. The Labute approximate surface area is 41.6 Å². The van der Waals surface area contributed by atoms with Gasteiger partial charge in [0.25, 0.3) is 0 Å². The molecule has 4 nitrogen and oxygen atoms in total. The van der Waals surface area contributed by atoms with E-state index in [0.29, 0.717) is 5.06 Å². The molecule has 0 saturated carbocycles. The molecule has 7 heavy (non-hydrogen) atoms. The van der Waals surface area contributed by atoms with Gasteiger partial charge in [0.2, 0.25) is 6.41 Å². The van der Waals surface area contributed by atoms with Crippen molar-refractivity contribution in [3.8, 4) is 0 Å². The van der Waals surface area contributed by atoms with E-state index in [1.54, 1.807) is 6.92 Å². The molecule has 0 unspecified atom stereocenters. The maximum Gasteiger partial charge on any atom is 0.235 e. The highest BCUT2D eigenvalue weighted by atomic mass is 16.6. The third kappa shape index (κ3) is 2.52. The first-order valence-corrected chi connectivity index (χ1v) is 2.00. The molecular weight excluding hydrogens is 98.0 g/mol. The highest BCUT2D eigenvalue weighted by molar-refractivity contribution is 4.26. The second-order valence-electron chi connectivity index (χ2n) is 1.10. The molecule has 3 N–H and O–H groups in total. The van der Waals surface area contributed by atoms with E-state index in [1.165, 1.54) is 0 Å². The maximum atomic E-state index is 8.27. The third-order valence-electron chi connectivity index (χ3n) is 0.591. The fourth-order valence-electron chi connectivity index (χ4n) is 0.163. The van der Waals surface area contributed by atoms with Crippen LogP contribution in [-0.2, 0) is 0 Å². The van der Waals surface area contributed by atoms with Gasteiger partial charge in [0.15, 0.2) is 0 Å². The zero-order valence-corrected chi connectivity index (χ0v) is 4.07. The summed E-state index contributed by atoms with van der Waals surface area (Å²) in [5.41, 5.74) is 0. The lowest BCUT2D eigenvalue weighted by Crippen LogP contribution is -2.31. The normalized spacial score (nSPS) is 11.1. The van der Waals surface area contributed by atoms with E-state index in [1.807, 2.05) is 0 Å². The van der Waals surface area contributed by atoms with Gasteiger partial charge in [-0.3, -0.25) is 0 Å². The quantitative estimate of drug-likeness (QED) is 0.312. The molecule has 0 aliphatic heterocycles. The zero-order valence-electron chi connectivity index (χ0n) is 4.07. The molecular formula is C3H9NO3. The van der Waals surface area contributed by atoms with Gasteiger partial charge in [0.05, 0.1) is 0 Å². The Hall–Kier alpha value is -0.160. The minimum atomic E-state index is -1.75. The minimum absolute atomic E-state index is 0.206. The summed E-state index contributed by atoms with van der Waals surface area (Å²) in [6.45, 7) is 1.80. The maximum absolute atomic E-state index is 8.27. The van der Waals surface area contributed by atoms with Gasteiger partial charge in [0.1, 0.15) is 0 Å². The average Bonchev–Trinajstić information content (AvgIpc) is 1.65. The van der Waals surface area contributed by atoms with Crippen LogP contribution in [0, 0.1) is 0 Å². The molecule has 0 rings (SSSR count). The number of rotatable bonds is 2. The molecule has 0 saturated heterocycles. The van der Waals surface area contributed by atoms with E-state index in [2.05, 4.69) is 0 Å². The van der Waals surface area contributed by atoms with Crippen LogP contribution in [0.4, 0.5) is 0 Å². The van der Waals surface area contributed by atoms with Gasteiger partial charge in [-0.05, 0) is 6.92 Å². The van der Waals surface area contributed by atoms with Crippen LogP contribution in [0.25, 0.3) is 0 Å². The SMILES string of the molecule is CCN(O)C(O)O. The molecule has 4 heteroatoms. The highest BCUT2D eigenvalue weighted by Crippen LogP contribution is 1.81. The van der Waals surface area contributed by atoms with Gasteiger partial charge >= 0.3 is 0 Å². The Morgan fingerprint density at radius 3 is 2.00 bits per heavy atom. The summed E-state index contributed by atoms with van der Waals surface area (Å²) < 4.78 is 0. The molecule has 0 fully saturated rings. The second-order valence-corrected chi connectivity index (χ2v) is 1.10. The van der Waals surface area contributed by atoms with Crippen molar-refractivity contribution in [3.63, 3.8) is 0 Å². The standard InChI is InChI=1S/C3H9NO3/c1-2-4(7)3(5)6/h3,5-7H,2H2,1H3. The van der Waals surface area contributed by atoms with Crippen LogP contribution in [0.5, 0.6) is 0 Å². The number of nitrogens with zero attached hydrogens (tertiary/aromatic N) is 1. The zero-order chi connectivity index (χ0) is 5.86. The van der Waals surface area contributed by atoms with Gasteiger partial charge < -0.3 is 15.4 Å². The molecule has 0 aromatic rings. The molecule has 0 aromatic carbocycles. The summed E-state index contributed by atoms with van der Waals surface area (Å²) in [5.74, 6) is 0. The lowest BCUT2D eigenvalue weighted by Gasteiger charge is -2.12. The Kier molecular flexibility index (Phi) is 2.86. The van der Waals surface area contributed by atoms with E-state index < -0.39 is 6.41 Å². The van der Waals surface area contributed by atoms with Crippen molar-refractivity contribution in [1.29, 1.82) is 0 Å². The first-order chi connectivity index (χ1) is 3.18. The number of hydroxylamine groups is 2. The van der Waals surface area contributed by atoms with Crippen LogP contribution in [0.15, 0.2) is 0 Å². The van der Waals surface area contributed by atoms with Gasteiger partial charge in [-0.25, -0.2) is 0 Å². The molecule has 0 bridgehead atoms. The van der Waals surface area contributed by atoms with Gasteiger partial charge in [-0.1, -0.05) is 0 Å². The molecule has 0 heterocycles. The van der Waals surface area contributed by atoms with Crippen LogP contribution >= 0.6 is 0 Å². The van der Waals surface area contributed by atoms with E-state index in [9.17, 15) is 0 Å². The summed E-state index contributed by atoms with van der Waals surface area (Å²) in [6, 6.07) is 0. The number of hydrogen-bond donors (Lipinski definition) is 3. The van der Waals surface area contributed by atoms with Crippen molar-refractivity contribution < 1.29 is 15.4 Å². The van der Waals surface area contributed by atoms with E-state index in [0.717, 1.165) is 0 Å². The van der Waals surface area contributed by atoms with Crippen molar-refractivity contribution in [3.05, 3.63) is 0 Å². The number of aliphatic hydroxyl groups excluding tert-OH is 1. The van der Waals surface area contributed by atoms with Crippen molar-refractivity contribution in [2.75, 3.05) is 6.54 Å². The summed E-state index contributed by atoms with van der Waals surface area (Å²) in [7, 11) is 0. The second kappa shape index (κ2) is 2.92. The molecule has 0 amide bonds. The largest absolute Gasteiger partial charge is 0.354 e. The average molecular weight is 107 g/mol. The van der Waals surface area contributed by atoms with Crippen molar-refractivity contribution in [1.82, 2.24) is 5.06 Å². The minimum Gasteiger partial charge on any atom is -0.354 e. The Morgan fingerprint density at radius 1 is 1.57 bits per heavy atom. The third-order valence-corrected chi connectivity index (χ3v) is 0.591. The summed E-state index contributed by atoms with van der Waals surface area (Å²) >= 11 is 0. The molecule has 0 aliphatic carbocycles. The molecule has 0 atom stereocenters. The summed E-state index contributed by atoms with van der Waals surface area (Å²) in [5, 5.41) is 24.8. The first-order valence-electron chi connectivity index (χ1n) is 2.00. The van der Waals surface area contributed by atoms with Crippen LogP contribution in [-0.4, -0.2) is 33.4 Å². The van der Waals surface area contributed by atoms with Crippen LogP contribution in [0.1, 0.15) is 6.92 Å². The number of hydrogen-bond acceptors (Lipinski definition) is 4. The smallest absolute Gasteiger partial charge is 0.235 e. The summed E-state index contributed by atoms with van der Waals surface area (Å²) in [6.07, 6.45) is -1.75. The van der Waals surface area contributed by atoms with Crippen molar-refractivity contribution >= 4 is 0 Å². The van der Waals surface area contributed by atoms with E-state index in [-0.39, 0.29) is 6.54 Å². The molecule has 0 spiro atoms. The van der Waals surface area contributed by atoms with E-state index >= 15 is 0 Å². The topological polar surface area (TPSA) is 63.9 Å². The van der Waals surface area contributed by atoms with Gasteiger partial charge in [-0.2, -0.15) is 0 Å². The van der Waals surface area contributed by atoms with Gasteiger partial charge in [0, 0.05) is 6.54 Å². The molecule has 0 aromatic heterocycles. The van der Waals surface area contributed by atoms with Crippen LogP contribution < -0.4 is 0 Å². The predicted octanol–water partition coefficient (Wildman–Crippen LogP) is -1.03. The molecule has 0 radical (unpaired) electrons. The van der Waals surface area contributed by atoms with Crippen LogP contribution in [0.3, 0.4) is 0 Å². The fourth-order valence-corrected chi connectivity index (χ4v) is 0.163. The Bertz CT molecular complexity index is 47.4. The van der Waals surface area contributed by atoms with E-state index in [4.69, 9.17) is 15.4 Å². The molecule has 0 aliphatic rings. The Morgan fingerprint density at radius 2 is 2.00 bits per heavy atom. The van der Waals surface area contributed by atoms with Crippen LogP contribution in [0.2, 0.25) is 0 Å². The lowest BCUT2D eigenvalue weighted by molar-refractivity contribution is -0.278. The lowest BCUT2D eigenvalue weighted by atomic mass is 10.7. The summed E-state index contributed by atoms with van der Waals surface area (Å²) in [4.78, 5) is 0. The van der Waals surface area contributed by atoms with Gasteiger partial charge in [-0.15, -0.1) is 5.06 Å². The van der Waals surface area contributed by atoms with Crippen molar-refractivity contribution in [2.24, 2.45) is 0 Å². The molecule has 44 valence electrons. The first kappa shape index (κ1) is 6.84. The Balaban J connectivity index is 3.14. The monoisotopic (exact) mass is 107 g/mol. The predicted molar refractivity (Wildman–Crippen MR) is 22.4 cm³/mol. The fraction of sp³-hybridized carbons (Fsp3) is 1.00. The number of aliphatic hydroxyl groups is 2.